The van der Waals surface area contributed by atoms with E-state index in [0.29, 0.717) is 0 Å². The van der Waals surface area contributed by atoms with E-state index in [9.17, 15) is 0 Å². The lowest BCUT2D eigenvalue weighted by molar-refractivity contribution is 1.25. The van der Waals surface area contributed by atoms with Gasteiger partial charge in [0, 0.05) is 0 Å². The maximum absolute atomic E-state index is 4.85. The van der Waals surface area contributed by atoms with E-state index in [1.165, 1.54) is 0 Å². The second-order valence-electron chi connectivity index (χ2n) is 0.997. The summed E-state index contributed by atoms with van der Waals surface area (Å²) in [4.78, 5) is 0. The SMILES string of the molecule is CC(C=NI)=NN. The summed E-state index contributed by atoms with van der Waals surface area (Å²) in [7, 11) is 0. The van der Waals surface area contributed by atoms with Crippen LogP contribution < -0.4 is 5.84 Å². The zero-order chi connectivity index (χ0) is 5.70. The zero-order valence-corrected chi connectivity index (χ0v) is 6.08. The third-order valence-corrected chi connectivity index (χ3v) is 0.718. The average molecular weight is 211 g/mol. The Morgan fingerprint density at radius 3 is 2.57 bits per heavy atom. The van der Waals surface area contributed by atoms with E-state index in [0.717, 1.165) is 5.71 Å². The molecule has 0 radical (unpaired) electrons. The lowest BCUT2D eigenvalue weighted by Crippen LogP contribution is -1.95. The van der Waals surface area contributed by atoms with E-state index >= 15 is 0 Å². The van der Waals surface area contributed by atoms with E-state index in [4.69, 9.17) is 5.84 Å². The summed E-state index contributed by atoms with van der Waals surface area (Å²) in [5, 5.41) is 3.34. The molecule has 0 aliphatic carbocycles. The van der Waals surface area contributed by atoms with Gasteiger partial charge in [-0.05, 0) is 6.92 Å². The van der Waals surface area contributed by atoms with Crippen LogP contribution in [0.25, 0.3) is 0 Å². The predicted octanol–water partition coefficient (Wildman–Crippen LogP) is 0.742. The van der Waals surface area contributed by atoms with Crippen molar-refractivity contribution in [2.75, 3.05) is 0 Å². The van der Waals surface area contributed by atoms with Crippen LogP contribution in [0.2, 0.25) is 0 Å². The Morgan fingerprint density at radius 1 is 1.86 bits per heavy atom. The molecule has 0 fully saturated rings. The second-order valence-corrected chi connectivity index (χ2v) is 1.55. The Morgan fingerprint density at radius 2 is 2.43 bits per heavy atom. The third kappa shape index (κ3) is 3.71. The van der Waals surface area contributed by atoms with Gasteiger partial charge >= 0.3 is 0 Å². The van der Waals surface area contributed by atoms with Crippen molar-refractivity contribution in [2.45, 2.75) is 6.92 Å². The maximum Gasteiger partial charge on any atom is 0.0831 e. The van der Waals surface area contributed by atoms with Gasteiger partial charge in [-0.25, -0.2) is 3.21 Å². The highest BCUT2D eigenvalue weighted by atomic mass is 127. The largest absolute Gasteiger partial charge is 0.323 e. The molecule has 0 rings (SSSR count). The molecule has 40 valence electrons. The van der Waals surface area contributed by atoms with Gasteiger partial charge in [0.05, 0.1) is 34.8 Å². The van der Waals surface area contributed by atoms with Crippen molar-refractivity contribution in [1.29, 1.82) is 0 Å². The summed E-state index contributed by atoms with van der Waals surface area (Å²) >= 11 is 1.86. The number of halogens is 1. The van der Waals surface area contributed by atoms with Crippen molar-refractivity contribution in [3.63, 3.8) is 0 Å². The number of hydrogen-bond acceptors (Lipinski definition) is 3. The van der Waals surface area contributed by atoms with E-state index in [1.807, 2.05) is 22.9 Å². The highest BCUT2D eigenvalue weighted by molar-refractivity contribution is 14.1. The molecule has 0 aliphatic rings. The molecule has 0 saturated carbocycles. The molecule has 3 nitrogen and oxygen atoms in total. The minimum atomic E-state index is 0.731. The summed E-state index contributed by atoms with van der Waals surface area (Å²) in [5.74, 6) is 4.85. The van der Waals surface area contributed by atoms with Gasteiger partial charge in [0.15, 0.2) is 0 Å². The van der Waals surface area contributed by atoms with Crippen LogP contribution in [0, 0.1) is 0 Å². The van der Waals surface area contributed by atoms with Crippen LogP contribution in [0.3, 0.4) is 0 Å². The smallest absolute Gasteiger partial charge is 0.0831 e. The number of rotatable bonds is 1. The summed E-state index contributed by atoms with van der Waals surface area (Å²) in [6.45, 7) is 1.78. The zero-order valence-electron chi connectivity index (χ0n) is 3.93. The van der Waals surface area contributed by atoms with Crippen molar-refractivity contribution >= 4 is 34.8 Å². The van der Waals surface area contributed by atoms with Crippen LogP contribution in [0.15, 0.2) is 8.31 Å². The van der Waals surface area contributed by atoms with Crippen molar-refractivity contribution < 1.29 is 0 Å². The molecular formula is C3H6IN3. The number of nitrogens with two attached hydrogens (primary N) is 1. The van der Waals surface area contributed by atoms with Gasteiger partial charge in [0.1, 0.15) is 0 Å². The number of hydrazone groups is 1. The van der Waals surface area contributed by atoms with Crippen molar-refractivity contribution in [3.8, 4) is 0 Å². The molecule has 0 aromatic rings. The Bertz CT molecular complexity index is 96.4. The van der Waals surface area contributed by atoms with Gasteiger partial charge < -0.3 is 5.84 Å². The molecule has 0 heterocycles. The lowest BCUT2D eigenvalue weighted by atomic mass is 10.5. The fourth-order valence-corrected chi connectivity index (χ4v) is 0.507. The standard InChI is InChI=1S/C3H6IN3/c1-3(7-5)2-6-4/h2H,5H2,1H3. The highest BCUT2D eigenvalue weighted by Crippen LogP contribution is 1.78. The molecular weight excluding hydrogens is 205 g/mol. The molecule has 0 saturated heterocycles. The quantitative estimate of drug-likeness (QED) is 0.295. The molecule has 0 aliphatic heterocycles. The van der Waals surface area contributed by atoms with Crippen LogP contribution in [0.1, 0.15) is 6.92 Å². The molecule has 0 spiro atoms. The fraction of sp³-hybridized carbons (Fsp3) is 0.333. The van der Waals surface area contributed by atoms with Crippen molar-refractivity contribution in [1.82, 2.24) is 0 Å². The first kappa shape index (κ1) is 6.87. The van der Waals surface area contributed by atoms with E-state index in [-0.39, 0.29) is 0 Å². The third-order valence-electron chi connectivity index (χ3n) is 0.439. The molecule has 7 heavy (non-hydrogen) atoms. The fourth-order valence-electron chi connectivity index (χ4n) is 0.104. The first-order valence-corrected chi connectivity index (χ1v) is 2.66. The van der Waals surface area contributed by atoms with Crippen LogP contribution in [0.5, 0.6) is 0 Å². The topological polar surface area (TPSA) is 50.7 Å². The molecule has 0 aromatic heterocycles. The highest BCUT2D eigenvalue weighted by Gasteiger charge is 1.75. The van der Waals surface area contributed by atoms with E-state index in [2.05, 4.69) is 8.31 Å². The number of hydrogen-bond donors (Lipinski definition) is 1. The van der Waals surface area contributed by atoms with E-state index < -0.39 is 0 Å². The summed E-state index contributed by atoms with van der Waals surface area (Å²) in [5.41, 5.74) is 0.731. The van der Waals surface area contributed by atoms with Crippen molar-refractivity contribution in [3.05, 3.63) is 0 Å². The maximum atomic E-state index is 4.85. The van der Waals surface area contributed by atoms with E-state index in [1.54, 1.807) is 13.1 Å². The molecule has 0 bridgehead atoms. The molecule has 4 heteroatoms. The van der Waals surface area contributed by atoms with Crippen molar-refractivity contribution in [2.24, 2.45) is 14.1 Å². The molecule has 0 atom stereocenters. The summed E-state index contributed by atoms with van der Waals surface area (Å²) in [6, 6.07) is 0. The van der Waals surface area contributed by atoms with Crippen LogP contribution in [-0.4, -0.2) is 11.9 Å². The Kier molecular flexibility index (Phi) is 3.97. The monoisotopic (exact) mass is 211 g/mol. The lowest BCUT2D eigenvalue weighted by Gasteiger charge is -1.78. The predicted molar refractivity (Wildman–Crippen MR) is 39.8 cm³/mol. The van der Waals surface area contributed by atoms with Gasteiger partial charge in [0.25, 0.3) is 0 Å². The van der Waals surface area contributed by atoms with Gasteiger partial charge in [-0.15, -0.1) is 0 Å². The molecule has 0 aromatic carbocycles. The van der Waals surface area contributed by atoms with Gasteiger partial charge in [0.2, 0.25) is 0 Å². The average Bonchev–Trinajstić information content (AvgIpc) is 1.68. The first-order chi connectivity index (χ1) is 3.31. The Labute approximate surface area is 56.2 Å². The minimum absolute atomic E-state index is 0.731. The summed E-state index contributed by atoms with van der Waals surface area (Å²) in [6.07, 6.45) is 1.58. The summed E-state index contributed by atoms with van der Waals surface area (Å²) < 4.78 is 3.64. The van der Waals surface area contributed by atoms with Gasteiger partial charge in [-0.1, -0.05) is 0 Å². The van der Waals surface area contributed by atoms with Crippen LogP contribution >= 0.6 is 22.9 Å². The first-order valence-electron chi connectivity index (χ1n) is 1.70. The second kappa shape index (κ2) is 4.04. The van der Waals surface area contributed by atoms with Gasteiger partial charge in [-0.2, -0.15) is 5.10 Å². The molecule has 0 unspecified atom stereocenters. The Balaban J connectivity index is 3.58. The van der Waals surface area contributed by atoms with Crippen LogP contribution in [0.4, 0.5) is 0 Å². The number of nitrogens with zero attached hydrogens (tertiary/aromatic N) is 2. The Hall–Kier alpha value is -0.130. The minimum Gasteiger partial charge on any atom is -0.323 e. The van der Waals surface area contributed by atoms with Crippen LogP contribution in [-0.2, 0) is 0 Å². The van der Waals surface area contributed by atoms with Gasteiger partial charge in [-0.3, -0.25) is 0 Å². The molecule has 2 N–H and O–H groups in total. The normalized spacial score (nSPS) is 13.1. The molecule has 0 amide bonds.